The van der Waals surface area contributed by atoms with Gasteiger partial charge in [0.25, 0.3) is 0 Å². The number of benzene rings is 1. The van der Waals surface area contributed by atoms with Gasteiger partial charge in [0, 0.05) is 31.7 Å². The molecule has 0 aliphatic carbocycles. The molecule has 1 heterocycles. The molecule has 134 valence electrons. The molecule has 0 atom stereocenters. The predicted molar refractivity (Wildman–Crippen MR) is 76.6 cm³/mol. The summed E-state index contributed by atoms with van der Waals surface area (Å²) in [7, 11) is 0.942. The molecule has 0 aliphatic heterocycles. The normalized spacial score (nSPS) is 11.5. The number of alkyl halides is 3. The first-order valence-electron chi connectivity index (χ1n) is 6.40. The van der Waals surface area contributed by atoms with E-state index in [0.717, 1.165) is 14.0 Å². The predicted octanol–water partition coefficient (Wildman–Crippen LogP) is 3.73. The number of nitro benzene ring substituents is 1. The molecule has 0 aliphatic rings. The lowest BCUT2D eigenvalue weighted by Gasteiger charge is -2.07. The van der Waals surface area contributed by atoms with Crippen molar-refractivity contribution in [2.24, 2.45) is 7.05 Å². The number of hydrogen-bond donors (Lipinski definition) is 0. The van der Waals surface area contributed by atoms with Crippen LogP contribution in [0.25, 0.3) is 11.3 Å². The Bertz CT molecular complexity index is 879. The second kappa shape index (κ2) is 6.31. The summed E-state index contributed by atoms with van der Waals surface area (Å²) in [5.74, 6) is -2.83. The summed E-state index contributed by atoms with van der Waals surface area (Å²) in [5, 5.41) is 13.6. The Morgan fingerprint density at radius 1 is 1.40 bits per heavy atom. The first kappa shape index (κ1) is 18.6. The van der Waals surface area contributed by atoms with Crippen molar-refractivity contribution < 1.29 is 32.0 Å². The molecule has 0 unspecified atom stereocenters. The summed E-state index contributed by atoms with van der Waals surface area (Å²) in [6, 6.07) is 1.11. The van der Waals surface area contributed by atoms with Crippen LogP contribution in [-0.2, 0) is 18.0 Å². The van der Waals surface area contributed by atoms with Gasteiger partial charge in [-0.25, -0.2) is 4.39 Å². The highest BCUT2D eigenvalue weighted by Crippen LogP contribution is 2.42. The molecule has 0 N–H and O–H groups in total. The summed E-state index contributed by atoms with van der Waals surface area (Å²) < 4.78 is 58.0. The molecular formula is C13H8ClF4N3O4. The molecule has 0 amide bonds. The smallest absolute Gasteiger partial charge is 0.419 e. The number of esters is 1. The number of rotatable bonds is 3. The first-order valence-corrected chi connectivity index (χ1v) is 6.77. The van der Waals surface area contributed by atoms with Gasteiger partial charge < -0.3 is 4.74 Å². The second-order valence-corrected chi connectivity index (χ2v) is 5.16. The molecule has 0 radical (unpaired) electrons. The van der Waals surface area contributed by atoms with Gasteiger partial charge in [0.05, 0.1) is 9.95 Å². The van der Waals surface area contributed by atoms with E-state index in [4.69, 9.17) is 11.6 Å². The second-order valence-electron chi connectivity index (χ2n) is 4.78. The number of aromatic nitrogens is 2. The SMILES string of the molecule is CC(=O)Oc1cc(F)c(-c2nn(C)c(C(F)(F)F)c2Cl)cc1[N+](=O)[O-]. The van der Waals surface area contributed by atoms with Crippen molar-refractivity contribution in [3.8, 4) is 17.0 Å². The van der Waals surface area contributed by atoms with Crippen molar-refractivity contribution in [1.29, 1.82) is 0 Å². The van der Waals surface area contributed by atoms with Gasteiger partial charge >= 0.3 is 17.8 Å². The number of halogens is 5. The van der Waals surface area contributed by atoms with Crippen LogP contribution in [-0.4, -0.2) is 20.7 Å². The van der Waals surface area contributed by atoms with E-state index in [9.17, 15) is 32.5 Å². The van der Waals surface area contributed by atoms with Crippen LogP contribution >= 0.6 is 11.6 Å². The topological polar surface area (TPSA) is 87.3 Å². The largest absolute Gasteiger partial charge is 0.434 e. The zero-order valence-electron chi connectivity index (χ0n) is 12.5. The van der Waals surface area contributed by atoms with E-state index in [2.05, 4.69) is 9.84 Å². The van der Waals surface area contributed by atoms with Crippen LogP contribution in [0, 0.1) is 15.9 Å². The van der Waals surface area contributed by atoms with E-state index in [1.807, 2.05) is 0 Å². The number of nitrogens with zero attached hydrogens (tertiary/aromatic N) is 3. The van der Waals surface area contributed by atoms with Crippen LogP contribution in [0.1, 0.15) is 12.6 Å². The molecule has 0 spiro atoms. The number of hydrogen-bond acceptors (Lipinski definition) is 5. The van der Waals surface area contributed by atoms with Crippen LogP contribution in [0.15, 0.2) is 12.1 Å². The molecule has 7 nitrogen and oxygen atoms in total. The first-order chi connectivity index (χ1) is 11.4. The van der Waals surface area contributed by atoms with Gasteiger partial charge in [0.15, 0.2) is 5.69 Å². The van der Waals surface area contributed by atoms with Gasteiger partial charge in [0.2, 0.25) is 5.75 Å². The van der Waals surface area contributed by atoms with E-state index in [0.29, 0.717) is 16.8 Å². The molecule has 0 saturated heterocycles. The van der Waals surface area contributed by atoms with Crippen molar-refractivity contribution in [3.63, 3.8) is 0 Å². The summed E-state index contributed by atoms with van der Waals surface area (Å²) >= 11 is 5.65. The minimum absolute atomic E-state index is 0.392. The molecule has 0 bridgehead atoms. The monoisotopic (exact) mass is 381 g/mol. The van der Waals surface area contributed by atoms with Crippen LogP contribution in [0.5, 0.6) is 5.75 Å². The lowest BCUT2D eigenvalue weighted by Crippen LogP contribution is -2.12. The van der Waals surface area contributed by atoms with Crippen molar-refractivity contribution >= 4 is 23.3 Å². The molecule has 1 aromatic carbocycles. The van der Waals surface area contributed by atoms with Crippen LogP contribution < -0.4 is 4.74 Å². The average molecular weight is 382 g/mol. The Balaban J connectivity index is 2.71. The molecule has 25 heavy (non-hydrogen) atoms. The molecule has 1 aromatic heterocycles. The minimum Gasteiger partial charge on any atom is -0.419 e. The van der Waals surface area contributed by atoms with E-state index in [1.165, 1.54) is 0 Å². The maximum atomic E-state index is 14.2. The summed E-state index contributed by atoms with van der Waals surface area (Å²) in [6.45, 7) is 0.945. The minimum atomic E-state index is -4.86. The van der Waals surface area contributed by atoms with Gasteiger partial charge in [-0.15, -0.1) is 0 Å². The Hall–Kier alpha value is -2.69. The molecule has 2 rings (SSSR count). The number of carbonyl (C=O) groups is 1. The third kappa shape index (κ3) is 3.55. The van der Waals surface area contributed by atoms with Crippen molar-refractivity contribution in [3.05, 3.63) is 38.8 Å². The molecule has 2 aromatic rings. The number of aryl methyl sites for hydroxylation is 1. The van der Waals surface area contributed by atoms with E-state index in [1.54, 1.807) is 0 Å². The Morgan fingerprint density at radius 3 is 2.44 bits per heavy atom. The van der Waals surface area contributed by atoms with Crippen LogP contribution in [0.3, 0.4) is 0 Å². The van der Waals surface area contributed by atoms with Crippen molar-refractivity contribution in [2.75, 3.05) is 0 Å². The van der Waals surface area contributed by atoms with E-state index in [-0.39, 0.29) is 0 Å². The number of nitro groups is 1. The van der Waals surface area contributed by atoms with Crippen molar-refractivity contribution in [1.82, 2.24) is 9.78 Å². The lowest BCUT2D eigenvalue weighted by atomic mass is 10.1. The molecule has 12 heteroatoms. The lowest BCUT2D eigenvalue weighted by molar-refractivity contribution is -0.385. The highest BCUT2D eigenvalue weighted by molar-refractivity contribution is 6.33. The van der Waals surface area contributed by atoms with Crippen LogP contribution in [0.2, 0.25) is 5.02 Å². The maximum Gasteiger partial charge on any atom is 0.434 e. The van der Waals surface area contributed by atoms with Gasteiger partial charge in [-0.3, -0.25) is 19.6 Å². The highest BCUT2D eigenvalue weighted by Gasteiger charge is 2.39. The Labute approximate surface area is 141 Å². The third-order valence-electron chi connectivity index (χ3n) is 3.01. The van der Waals surface area contributed by atoms with Gasteiger partial charge in [-0.2, -0.15) is 18.3 Å². The van der Waals surface area contributed by atoms with Gasteiger partial charge in [-0.05, 0) is 0 Å². The molecule has 0 saturated carbocycles. The molecular weight excluding hydrogens is 374 g/mol. The zero-order valence-corrected chi connectivity index (χ0v) is 13.3. The fourth-order valence-electron chi connectivity index (χ4n) is 2.08. The highest BCUT2D eigenvalue weighted by atomic mass is 35.5. The zero-order chi connectivity index (χ0) is 19.1. The van der Waals surface area contributed by atoms with E-state index < -0.39 is 56.3 Å². The van der Waals surface area contributed by atoms with Gasteiger partial charge in [-0.1, -0.05) is 11.6 Å². The molecule has 0 fully saturated rings. The van der Waals surface area contributed by atoms with Crippen molar-refractivity contribution in [2.45, 2.75) is 13.1 Å². The fraction of sp³-hybridized carbons (Fsp3) is 0.231. The number of carbonyl (C=O) groups excluding carboxylic acids is 1. The Morgan fingerprint density at radius 2 is 2.00 bits per heavy atom. The Kier molecular flexibility index (Phi) is 4.71. The number of ether oxygens (including phenoxy) is 1. The summed E-state index contributed by atoms with van der Waals surface area (Å²) in [6.07, 6.45) is -4.86. The third-order valence-corrected chi connectivity index (χ3v) is 3.37. The quantitative estimate of drug-likeness (QED) is 0.266. The van der Waals surface area contributed by atoms with Crippen LogP contribution in [0.4, 0.5) is 23.2 Å². The average Bonchev–Trinajstić information content (AvgIpc) is 2.72. The van der Waals surface area contributed by atoms with E-state index >= 15 is 0 Å². The van der Waals surface area contributed by atoms with Gasteiger partial charge in [0.1, 0.15) is 11.5 Å². The standard InChI is InChI=1S/C13H8ClF4N3O4/c1-5(22)25-9-4-7(15)6(3-8(9)21(23)24)11-10(14)12(13(16,17)18)20(2)19-11/h3-4H,1-2H3. The summed E-state index contributed by atoms with van der Waals surface area (Å²) in [4.78, 5) is 21.0. The maximum absolute atomic E-state index is 14.2. The fourth-order valence-corrected chi connectivity index (χ4v) is 2.45. The summed E-state index contributed by atoms with van der Waals surface area (Å²) in [5.41, 5.74) is -3.44.